The number of carbonyl (C=O) groups is 1. The summed E-state index contributed by atoms with van der Waals surface area (Å²) in [5, 5.41) is 7.91. The molecule has 0 spiro atoms. The molecule has 18 heteroatoms. The molecule has 3 rings (SSSR count). The third kappa shape index (κ3) is 8.71. The number of hydrogen-bond acceptors (Lipinski definition) is 7. The zero-order chi connectivity index (χ0) is 33.3. The van der Waals surface area contributed by atoms with E-state index in [0.717, 1.165) is 9.25 Å². The van der Waals surface area contributed by atoms with Gasteiger partial charge in [0.2, 0.25) is 5.82 Å². The second kappa shape index (κ2) is 13.0. The molecule has 0 unspecified atom stereocenters. The van der Waals surface area contributed by atoms with Crippen molar-refractivity contribution in [3.63, 3.8) is 0 Å². The summed E-state index contributed by atoms with van der Waals surface area (Å²) in [4.78, 5) is 29.9. The van der Waals surface area contributed by atoms with Gasteiger partial charge >= 0.3 is 24.0 Å². The van der Waals surface area contributed by atoms with Gasteiger partial charge in [-0.15, -0.1) is 5.10 Å². The predicted molar refractivity (Wildman–Crippen MR) is 151 cm³/mol. The minimum atomic E-state index is -4.85. The number of halogens is 7. The second-order valence-electron chi connectivity index (χ2n) is 11.5. The monoisotopic (exact) mass is 670 g/mol. The van der Waals surface area contributed by atoms with Crippen LogP contribution in [0.5, 0.6) is 0 Å². The fourth-order valence-corrected chi connectivity index (χ4v) is 5.15. The van der Waals surface area contributed by atoms with Crippen molar-refractivity contribution >= 4 is 25.9 Å². The highest BCUT2D eigenvalue weighted by Gasteiger charge is 2.48. The zero-order valence-electron chi connectivity index (χ0n) is 24.9. The Morgan fingerprint density at radius 3 is 2.16 bits per heavy atom. The van der Waals surface area contributed by atoms with Crippen molar-refractivity contribution in [2.45, 2.75) is 90.3 Å². The lowest BCUT2D eigenvalue weighted by atomic mass is 10.2. The lowest BCUT2D eigenvalue weighted by molar-refractivity contribution is -0.202. The molecule has 1 atom stereocenters. The topological polar surface area (TPSA) is 106 Å². The lowest BCUT2D eigenvalue weighted by Crippen LogP contribution is -2.50. The largest absolute Gasteiger partial charge is 0.460 e. The molecule has 0 bridgehead atoms. The van der Waals surface area contributed by atoms with E-state index < -0.39 is 75.4 Å². The maximum Gasteiger partial charge on any atom is 0.415 e. The maximum absolute atomic E-state index is 14.3. The molecule has 0 saturated carbocycles. The van der Waals surface area contributed by atoms with Crippen LogP contribution in [0.3, 0.4) is 0 Å². The number of hydrogen-bond donors (Lipinski definition) is 0. The smallest absolute Gasteiger partial charge is 0.415 e. The summed E-state index contributed by atoms with van der Waals surface area (Å²) >= 11 is 5.98. The van der Waals surface area contributed by atoms with Crippen molar-refractivity contribution in [3.05, 3.63) is 51.4 Å². The summed E-state index contributed by atoms with van der Waals surface area (Å²) in [5.74, 6) is -2.00. The molecule has 0 saturated heterocycles. The molecule has 0 N–H and O–H groups in total. The van der Waals surface area contributed by atoms with E-state index in [0.29, 0.717) is 9.70 Å². The van der Waals surface area contributed by atoms with Crippen LogP contribution in [0.2, 0.25) is 23.2 Å². The zero-order valence-corrected chi connectivity index (χ0v) is 26.6. The number of rotatable bonds is 11. The van der Waals surface area contributed by atoms with Crippen LogP contribution in [0.4, 0.5) is 26.3 Å². The van der Waals surface area contributed by atoms with Crippen molar-refractivity contribution in [2.75, 3.05) is 6.61 Å². The summed E-state index contributed by atoms with van der Waals surface area (Å²) in [6.45, 7) is 7.77. The van der Waals surface area contributed by atoms with Crippen LogP contribution in [-0.2, 0) is 28.8 Å². The van der Waals surface area contributed by atoms with Crippen molar-refractivity contribution in [1.29, 1.82) is 0 Å². The average molecular weight is 671 g/mol. The standard InChI is InChI=1S/C26H33ClF6N6O4Si/c1-7-42-22(40)21-34-19(35-38(21)13-12-25(28,29)30)15-39-23(41)37(20(36-39)16-8-10-17(27)11-9-16)14-18(26(31,32)33)43-44(5,6)24(2,3)4/h8-11,18H,7,12-15H2,1-6H3/t18-/m0/s1. The van der Waals surface area contributed by atoms with Gasteiger partial charge in [-0.3, -0.25) is 4.57 Å². The molecule has 0 aliphatic rings. The molecule has 1 aromatic carbocycles. The van der Waals surface area contributed by atoms with E-state index in [2.05, 4.69) is 15.2 Å². The quantitative estimate of drug-likeness (QED) is 0.138. The second-order valence-corrected chi connectivity index (χ2v) is 16.6. The van der Waals surface area contributed by atoms with Gasteiger partial charge in [0.1, 0.15) is 6.54 Å². The molecule has 244 valence electrons. The Kier molecular flexibility index (Phi) is 10.5. The molecule has 0 radical (unpaired) electrons. The van der Waals surface area contributed by atoms with Gasteiger partial charge in [0.15, 0.2) is 26.1 Å². The van der Waals surface area contributed by atoms with Crippen molar-refractivity contribution in [2.24, 2.45) is 0 Å². The number of carbonyl (C=O) groups excluding carboxylic acids is 1. The molecule has 0 fully saturated rings. The summed E-state index contributed by atoms with van der Waals surface area (Å²) in [6.07, 6.45) is -13.1. The highest BCUT2D eigenvalue weighted by Crippen LogP contribution is 2.40. The Balaban J connectivity index is 2.09. The molecule has 0 aliphatic carbocycles. The first-order valence-corrected chi connectivity index (χ1v) is 16.8. The van der Waals surface area contributed by atoms with Crippen LogP contribution in [0.25, 0.3) is 11.4 Å². The van der Waals surface area contributed by atoms with E-state index in [-0.39, 0.29) is 23.8 Å². The first-order chi connectivity index (χ1) is 20.1. The predicted octanol–water partition coefficient (Wildman–Crippen LogP) is 6.09. The summed E-state index contributed by atoms with van der Waals surface area (Å²) in [5.41, 5.74) is -0.735. The Bertz CT molecular complexity index is 1510. The van der Waals surface area contributed by atoms with Gasteiger partial charge in [0, 0.05) is 10.6 Å². The molecular formula is C26H33ClF6N6O4Si. The van der Waals surface area contributed by atoms with E-state index in [9.17, 15) is 35.9 Å². The van der Waals surface area contributed by atoms with E-state index in [1.165, 1.54) is 31.2 Å². The van der Waals surface area contributed by atoms with Crippen molar-refractivity contribution in [3.8, 4) is 11.4 Å². The number of aromatic nitrogens is 6. The molecule has 44 heavy (non-hydrogen) atoms. The van der Waals surface area contributed by atoms with E-state index in [1.54, 1.807) is 33.9 Å². The SMILES string of the molecule is CCOC(=O)c1nc(Cn2nc(-c3ccc(Cl)cc3)n(C[C@H](O[Si](C)(C)C(C)(C)C)C(F)(F)F)c2=O)nn1CCC(F)(F)F. The molecule has 0 amide bonds. The van der Waals surface area contributed by atoms with Crippen LogP contribution in [0.15, 0.2) is 29.1 Å². The summed E-state index contributed by atoms with van der Waals surface area (Å²) in [6, 6.07) is 5.86. The highest BCUT2D eigenvalue weighted by atomic mass is 35.5. The molecular weight excluding hydrogens is 638 g/mol. The summed E-state index contributed by atoms with van der Waals surface area (Å²) in [7, 11) is -2.98. The van der Waals surface area contributed by atoms with Gasteiger partial charge in [-0.25, -0.2) is 23.9 Å². The van der Waals surface area contributed by atoms with Crippen LogP contribution < -0.4 is 5.69 Å². The van der Waals surface area contributed by atoms with Crippen molar-refractivity contribution < 1.29 is 40.3 Å². The minimum Gasteiger partial charge on any atom is -0.460 e. The number of aryl methyl sites for hydroxylation is 1. The first kappa shape index (κ1) is 35.3. The van der Waals surface area contributed by atoms with Gasteiger partial charge in [-0.2, -0.15) is 31.4 Å². The average Bonchev–Trinajstić information content (AvgIpc) is 3.42. The molecule has 2 heterocycles. The number of alkyl halides is 6. The normalized spacial score (nSPS) is 13.8. The van der Waals surface area contributed by atoms with Crippen LogP contribution in [-0.4, -0.2) is 68.5 Å². The van der Waals surface area contributed by atoms with Gasteiger partial charge in [-0.05, 0) is 49.3 Å². The van der Waals surface area contributed by atoms with Gasteiger partial charge in [0.05, 0.1) is 26.1 Å². The Morgan fingerprint density at radius 1 is 1.02 bits per heavy atom. The Labute approximate surface area is 255 Å². The third-order valence-electron chi connectivity index (χ3n) is 7.05. The van der Waals surface area contributed by atoms with Gasteiger partial charge in [-0.1, -0.05) is 32.4 Å². The fourth-order valence-electron chi connectivity index (χ4n) is 3.75. The Hall–Kier alpha value is -3.18. The fraction of sp³-hybridized carbons (Fsp3) is 0.577. The molecule has 0 aliphatic heterocycles. The molecule has 3 aromatic rings. The van der Waals surface area contributed by atoms with Crippen LogP contribution >= 0.6 is 11.6 Å². The van der Waals surface area contributed by atoms with Gasteiger partial charge in [0.25, 0.3) is 0 Å². The third-order valence-corrected chi connectivity index (χ3v) is 11.8. The maximum atomic E-state index is 14.3. The van der Waals surface area contributed by atoms with E-state index in [4.69, 9.17) is 20.8 Å². The number of benzene rings is 1. The van der Waals surface area contributed by atoms with E-state index in [1.807, 2.05) is 0 Å². The number of nitrogens with zero attached hydrogens (tertiary/aromatic N) is 6. The van der Waals surface area contributed by atoms with E-state index >= 15 is 0 Å². The van der Waals surface area contributed by atoms with Crippen LogP contribution in [0.1, 0.15) is 50.6 Å². The lowest BCUT2D eigenvalue weighted by Gasteiger charge is -2.39. The number of ether oxygens (including phenoxy) is 1. The molecule has 10 nitrogen and oxygen atoms in total. The minimum absolute atomic E-state index is 0.0913. The highest BCUT2D eigenvalue weighted by molar-refractivity contribution is 6.74. The van der Waals surface area contributed by atoms with Crippen LogP contribution in [0, 0.1) is 0 Å². The molecule has 2 aromatic heterocycles. The Morgan fingerprint density at radius 2 is 1.64 bits per heavy atom. The number of esters is 1. The first-order valence-electron chi connectivity index (χ1n) is 13.5. The van der Waals surface area contributed by atoms with Gasteiger partial charge < -0.3 is 9.16 Å². The van der Waals surface area contributed by atoms with Crippen molar-refractivity contribution in [1.82, 2.24) is 29.1 Å². The summed E-state index contributed by atoms with van der Waals surface area (Å²) < 4.78 is 94.5.